The molecular formula is C15H12ClN3OS. The van der Waals surface area contributed by atoms with Gasteiger partial charge < -0.3 is 4.57 Å². The Labute approximate surface area is 131 Å². The largest absolute Gasteiger partial charge is 0.308 e. The fraction of sp³-hybridized carbons (Fsp3) is 0.0667. The number of thioether (sulfide) groups is 1. The Morgan fingerprint density at radius 1 is 1.19 bits per heavy atom. The molecule has 0 radical (unpaired) electrons. The lowest BCUT2D eigenvalue weighted by atomic mass is 10.3. The smallest absolute Gasteiger partial charge is 0.229 e. The molecule has 0 aliphatic rings. The molecule has 0 fully saturated rings. The first-order chi connectivity index (χ1) is 10.1. The van der Waals surface area contributed by atoms with Gasteiger partial charge in [0.15, 0.2) is 0 Å². The standard InChI is InChI=1S/C15H12ClN3OS/c1-18-14(19-8-2-3-9-19)13(10-17-18)15(20)21-12-6-4-11(16)5-7-12/h2-10H,1H3. The van der Waals surface area contributed by atoms with Crippen molar-refractivity contribution in [1.29, 1.82) is 0 Å². The third kappa shape index (κ3) is 2.89. The zero-order valence-corrected chi connectivity index (χ0v) is 12.8. The fourth-order valence-electron chi connectivity index (χ4n) is 2.02. The molecule has 106 valence electrons. The number of carbonyl (C=O) groups excluding carboxylic acids is 1. The Bertz CT molecular complexity index is 763. The van der Waals surface area contributed by atoms with Gasteiger partial charge >= 0.3 is 0 Å². The van der Waals surface area contributed by atoms with Crippen LogP contribution in [0, 0.1) is 0 Å². The second-order valence-electron chi connectivity index (χ2n) is 4.44. The lowest BCUT2D eigenvalue weighted by Crippen LogP contribution is -2.05. The summed E-state index contributed by atoms with van der Waals surface area (Å²) in [5.41, 5.74) is 0.577. The number of hydrogen-bond donors (Lipinski definition) is 0. The van der Waals surface area contributed by atoms with Crippen molar-refractivity contribution >= 4 is 28.5 Å². The van der Waals surface area contributed by atoms with E-state index in [9.17, 15) is 4.79 Å². The summed E-state index contributed by atoms with van der Waals surface area (Å²) in [7, 11) is 1.82. The number of nitrogens with zero attached hydrogens (tertiary/aromatic N) is 3. The molecule has 0 aliphatic carbocycles. The van der Waals surface area contributed by atoms with Crippen molar-refractivity contribution in [2.45, 2.75) is 4.90 Å². The van der Waals surface area contributed by atoms with Crippen LogP contribution < -0.4 is 0 Å². The molecule has 2 heterocycles. The normalized spacial score (nSPS) is 10.8. The van der Waals surface area contributed by atoms with Gasteiger partial charge in [-0.1, -0.05) is 11.6 Å². The van der Waals surface area contributed by atoms with Crippen LogP contribution in [0.1, 0.15) is 10.4 Å². The summed E-state index contributed by atoms with van der Waals surface area (Å²) < 4.78 is 3.57. The average molecular weight is 318 g/mol. The quantitative estimate of drug-likeness (QED) is 0.690. The first-order valence-corrected chi connectivity index (χ1v) is 7.47. The van der Waals surface area contributed by atoms with Crippen molar-refractivity contribution in [3.63, 3.8) is 0 Å². The molecule has 0 unspecified atom stereocenters. The van der Waals surface area contributed by atoms with Crippen molar-refractivity contribution < 1.29 is 4.79 Å². The van der Waals surface area contributed by atoms with Crippen LogP contribution in [0.25, 0.3) is 5.82 Å². The molecular weight excluding hydrogens is 306 g/mol. The van der Waals surface area contributed by atoms with Gasteiger partial charge in [0.1, 0.15) is 5.82 Å². The van der Waals surface area contributed by atoms with Crippen LogP contribution in [0.4, 0.5) is 0 Å². The molecule has 0 aliphatic heterocycles. The average Bonchev–Trinajstić information content (AvgIpc) is 3.10. The highest BCUT2D eigenvalue weighted by molar-refractivity contribution is 8.14. The minimum atomic E-state index is -0.0471. The molecule has 6 heteroatoms. The highest BCUT2D eigenvalue weighted by Gasteiger charge is 2.18. The van der Waals surface area contributed by atoms with Crippen LogP contribution in [0.5, 0.6) is 0 Å². The van der Waals surface area contributed by atoms with Crippen molar-refractivity contribution in [3.05, 3.63) is 65.6 Å². The highest BCUT2D eigenvalue weighted by atomic mass is 35.5. The Morgan fingerprint density at radius 3 is 2.52 bits per heavy atom. The second-order valence-corrected chi connectivity index (χ2v) is 5.92. The number of carbonyl (C=O) groups is 1. The van der Waals surface area contributed by atoms with Crippen LogP contribution >= 0.6 is 23.4 Å². The summed E-state index contributed by atoms with van der Waals surface area (Å²) >= 11 is 7.02. The van der Waals surface area contributed by atoms with Gasteiger partial charge in [0.2, 0.25) is 5.12 Å². The minimum absolute atomic E-state index is 0.0471. The number of aromatic nitrogens is 3. The van der Waals surface area contributed by atoms with Gasteiger partial charge in [-0.15, -0.1) is 0 Å². The Kier molecular flexibility index (Phi) is 3.86. The minimum Gasteiger partial charge on any atom is -0.308 e. The Hall–Kier alpha value is -1.98. The van der Waals surface area contributed by atoms with Crippen LogP contribution in [-0.4, -0.2) is 19.5 Å². The summed E-state index contributed by atoms with van der Waals surface area (Å²) in [6.07, 6.45) is 5.38. The van der Waals surface area contributed by atoms with E-state index in [4.69, 9.17) is 11.6 Å². The molecule has 0 spiro atoms. The number of aryl methyl sites for hydroxylation is 1. The van der Waals surface area contributed by atoms with Crippen molar-refractivity contribution in [3.8, 4) is 5.82 Å². The topological polar surface area (TPSA) is 39.8 Å². The molecule has 21 heavy (non-hydrogen) atoms. The zero-order valence-electron chi connectivity index (χ0n) is 11.2. The summed E-state index contributed by atoms with van der Waals surface area (Å²) in [5, 5.41) is 4.80. The molecule has 3 aromatic rings. The first kappa shape index (κ1) is 14.0. The van der Waals surface area contributed by atoms with Gasteiger partial charge in [-0.3, -0.25) is 9.48 Å². The van der Waals surface area contributed by atoms with E-state index in [1.807, 2.05) is 48.3 Å². The molecule has 0 atom stereocenters. The van der Waals surface area contributed by atoms with E-state index in [0.29, 0.717) is 10.6 Å². The van der Waals surface area contributed by atoms with Crippen LogP contribution in [0.2, 0.25) is 5.02 Å². The molecule has 0 saturated carbocycles. The van der Waals surface area contributed by atoms with Gasteiger partial charge in [0, 0.05) is 29.4 Å². The maximum absolute atomic E-state index is 12.5. The summed E-state index contributed by atoms with van der Waals surface area (Å²) in [5.74, 6) is 0.756. The number of halogens is 1. The molecule has 1 aromatic carbocycles. The van der Waals surface area contributed by atoms with E-state index in [2.05, 4.69) is 5.10 Å². The second kappa shape index (κ2) is 5.79. The molecule has 0 N–H and O–H groups in total. The van der Waals surface area contributed by atoms with Crippen molar-refractivity contribution in [2.24, 2.45) is 7.05 Å². The summed E-state index contributed by atoms with van der Waals surface area (Å²) in [6, 6.07) is 11.0. The van der Waals surface area contributed by atoms with E-state index in [1.165, 1.54) is 11.8 Å². The van der Waals surface area contributed by atoms with E-state index in [0.717, 1.165) is 10.7 Å². The van der Waals surface area contributed by atoms with Gasteiger partial charge in [-0.25, -0.2) is 0 Å². The molecule has 0 bridgehead atoms. The predicted octanol–water partition coefficient (Wildman–Crippen LogP) is 3.80. The van der Waals surface area contributed by atoms with Gasteiger partial charge in [0.05, 0.1) is 11.8 Å². The number of benzene rings is 1. The Morgan fingerprint density at radius 2 is 1.86 bits per heavy atom. The first-order valence-electron chi connectivity index (χ1n) is 6.28. The van der Waals surface area contributed by atoms with Gasteiger partial charge in [-0.2, -0.15) is 5.10 Å². The van der Waals surface area contributed by atoms with Crippen LogP contribution in [0.3, 0.4) is 0 Å². The van der Waals surface area contributed by atoms with E-state index in [1.54, 1.807) is 23.0 Å². The predicted molar refractivity (Wildman–Crippen MR) is 84.2 cm³/mol. The number of rotatable bonds is 3. The van der Waals surface area contributed by atoms with E-state index < -0.39 is 0 Å². The maximum Gasteiger partial charge on any atom is 0.229 e. The summed E-state index contributed by atoms with van der Waals surface area (Å²) in [4.78, 5) is 13.3. The van der Waals surface area contributed by atoms with E-state index >= 15 is 0 Å². The fourth-order valence-corrected chi connectivity index (χ4v) is 2.89. The van der Waals surface area contributed by atoms with Crippen LogP contribution in [0.15, 0.2) is 59.9 Å². The molecule has 0 saturated heterocycles. The monoisotopic (exact) mass is 317 g/mol. The molecule has 0 amide bonds. The maximum atomic E-state index is 12.5. The lowest BCUT2D eigenvalue weighted by Gasteiger charge is -2.06. The molecule has 2 aromatic heterocycles. The SMILES string of the molecule is Cn1ncc(C(=O)Sc2ccc(Cl)cc2)c1-n1cccc1. The molecule has 3 rings (SSSR count). The zero-order chi connectivity index (χ0) is 14.8. The van der Waals surface area contributed by atoms with Crippen molar-refractivity contribution in [1.82, 2.24) is 14.3 Å². The third-order valence-corrected chi connectivity index (χ3v) is 4.17. The highest BCUT2D eigenvalue weighted by Crippen LogP contribution is 2.27. The Balaban J connectivity index is 1.90. The van der Waals surface area contributed by atoms with Crippen molar-refractivity contribution in [2.75, 3.05) is 0 Å². The lowest BCUT2D eigenvalue weighted by molar-refractivity contribution is 0.108. The van der Waals surface area contributed by atoms with Gasteiger partial charge in [-0.05, 0) is 48.2 Å². The van der Waals surface area contributed by atoms with E-state index in [-0.39, 0.29) is 5.12 Å². The number of hydrogen-bond acceptors (Lipinski definition) is 3. The van der Waals surface area contributed by atoms with Gasteiger partial charge in [0.25, 0.3) is 0 Å². The summed E-state index contributed by atoms with van der Waals surface area (Å²) in [6.45, 7) is 0. The third-order valence-electron chi connectivity index (χ3n) is 3.00. The van der Waals surface area contributed by atoms with Crippen LogP contribution in [-0.2, 0) is 7.05 Å². The molecule has 4 nitrogen and oxygen atoms in total.